The maximum absolute atomic E-state index is 12.6. The van der Waals surface area contributed by atoms with Gasteiger partial charge in [-0.05, 0) is 24.8 Å². The Morgan fingerprint density at radius 2 is 2.07 bits per heavy atom. The van der Waals surface area contributed by atoms with Crippen molar-refractivity contribution in [1.82, 2.24) is 20.5 Å². The average molecular weight is 436 g/mol. The fourth-order valence-electron chi connectivity index (χ4n) is 3.17. The zero-order valence-electron chi connectivity index (χ0n) is 17.0. The van der Waals surface area contributed by atoms with Gasteiger partial charge in [0.25, 0.3) is 0 Å². The molecule has 29 heavy (non-hydrogen) atoms. The van der Waals surface area contributed by atoms with Crippen molar-refractivity contribution >= 4 is 17.6 Å². The highest BCUT2D eigenvalue weighted by molar-refractivity contribution is 6.31. The summed E-state index contributed by atoms with van der Waals surface area (Å²) in [6.07, 6.45) is -1.68. The summed E-state index contributed by atoms with van der Waals surface area (Å²) < 4.78 is 43.3. The maximum atomic E-state index is 12.6. The summed E-state index contributed by atoms with van der Waals surface area (Å²) in [5.74, 6) is 1.31. The van der Waals surface area contributed by atoms with Crippen LogP contribution >= 0.6 is 11.6 Å². The lowest BCUT2D eigenvalue weighted by Gasteiger charge is -2.33. The van der Waals surface area contributed by atoms with E-state index < -0.39 is 11.7 Å². The molecule has 1 fully saturated rings. The molecule has 0 aromatic carbocycles. The molecule has 0 spiro atoms. The topological polar surface area (TPSA) is 61.8 Å². The number of nitrogens with one attached hydrogen (secondary N) is 2. The molecule has 1 aliphatic heterocycles. The Morgan fingerprint density at radius 3 is 2.62 bits per heavy atom. The van der Waals surface area contributed by atoms with Gasteiger partial charge < -0.3 is 20.3 Å². The molecule has 1 saturated heterocycles. The molecule has 0 aliphatic carbocycles. The lowest BCUT2D eigenvalue weighted by Crippen LogP contribution is -2.49. The third-order valence-electron chi connectivity index (χ3n) is 4.54. The summed E-state index contributed by atoms with van der Waals surface area (Å²) in [5, 5.41) is 6.37. The van der Waals surface area contributed by atoms with Crippen molar-refractivity contribution in [3.8, 4) is 5.88 Å². The molecule has 0 unspecified atom stereocenters. The van der Waals surface area contributed by atoms with E-state index in [0.717, 1.165) is 38.5 Å². The summed E-state index contributed by atoms with van der Waals surface area (Å²) >= 11 is 5.83. The Bertz CT molecular complexity index is 676. The van der Waals surface area contributed by atoms with Crippen LogP contribution in [0.4, 0.5) is 13.2 Å². The molecule has 0 atom stereocenters. The van der Waals surface area contributed by atoms with E-state index in [4.69, 9.17) is 16.3 Å². The molecule has 2 N–H and O–H groups in total. The van der Waals surface area contributed by atoms with E-state index in [1.807, 2.05) is 0 Å². The number of hydrogen-bond donors (Lipinski definition) is 2. The highest BCUT2D eigenvalue weighted by Gasteiger charge is 2.31. The Hall–Kier alpha value is -1.74. The van der Waals surface area contributed by atoms with Gasteiger partial charge in [0.2, 0.25) is 5.88 Å². The Labute approximate surface area is 174 Å². The average Bonchev–Trinajstić information content (AvgIpc) is 2.65. The number of likely N-dealkylation sites (tertiary alicyclic amines) is 1. The summed E-state index contributed by atoms with van der Waals surface area (Å²) in [6, 6.07) is 1.17. The predicted octanol–water partition coefficient (Wildman–Crippen LogP) is 3.42. The van der Waals surface area contributed by atoms with Gasteiger partial charge in [0, 0.05) is 38.9 Å². The van der Waals surface area contributed by atoms with Crippen LogP contribution in [0.25, 0.3) is 0 Å². The van der Waals surface area contributed by atoms with Gasteiger partial charge >= 0.3 is 6.18 Å². The molecule has 0 amide bonds. The van der Waals surface area contributed by atoms with Crippen molar-refractivity contribution in [3.05, 3.63) is 22.8 Å². The van der Waals surface area contributed by atoms with Crippen LogP contribution in [0.1, 0.15) is 32.3 Å². The first kappa shape index (κ1) is 23.5. The van der Waals surface area contributed by atoms with Crippen LogP contribution in [0, 0.1) is 5.92 Å². The number of piperidine rings is 1. The van der Waals surface area contributed by atoms with Crippen LogP contribution in [0.2, 0.25) is 5.02 Å². The monoisotopic (exact) mass is 435 g/mol. The van der Waals surface area contributed by atoms with E-state index >= 15 is 0 Å². The van der Waals surface area contributed by atoms with Crippen molar-refractivity contribution in [2.24, 2.45) is 10.9 Å². The van der Waals surface area contributed by atoms with Gasteiger partial charge in [-0.2, -0.15) is 13.2 Å². The van der Waals surface area contributed by atoms with E-state index in [0.29, 0.717) is 30.7 Å². The first-order valence-electron chi connectivity index (χ1n) is 9.74. The SMILES string of the molecule is CN=C(NCCOc1ncc(C(F)(F)F)cc1Cl)NC1CCN(CC(C)C)CC1. The Morgan fingerprint density at radius 1 is 1.38 bits per heavy atom. The number of ether oxygens (including phenoxy) is 1. The van der Waals surface area contributed by atoms with Crippen LogP contribution in [-0.2, 0) is 6.18 Å². The highest BCUT2D eigenvalue weighted by atomic mass is 35.5. The summed E-state index contributed by atoms with van der Waals surface area (Å²) in [6.45, 7) is 8.30. The lowest BCUT2D eigenvalue weighted by atomic mass is 10.0. The number of nitrogens with zero attached hydrogens (tertiary/aromatic N) is 3. The number of aromatic nitrogens is 1. The third kappa shape index (κ3) is 7.89. The van der Waals surface area contributed by atoms with Crippen molar-refractivity contribution in [3.63, 3.8) is 0 Å². The maximum Gasteiger partial charge on any atom is 0.417 e. The molecule has 1 aromatic heterocycles. The minimum Gasteiger partial charge on any atom is -0.475 e. The molecule has 0 bridgehead atoms. The summed E-state index contributed by atoms with van der Waals surface area (Å²) in [4.78, 5) is 10.3. The molecule has 2 rings (SSSR count). The Balaban J connectivity index is 1.71. The number of rotatable bonds is 7. The van der Waals surface area contributed by atoms with E-state index in [9.17, 15) is 13.2 Å². The second kappa shape index (κ2) is 10.9. The molecule has 0 radical (unpaired) electrons. The van der Waals surface area contributed by atoms with Crippen molar-refractivity contribution in [1.29, 1.82) is 0 Å². The first-order valence-corrected chi connectivity index (χ1v) is 10.1. The normalized spacial score (nSPS) is 16.9. The van der Waals surface area contributed by atoms with E-state index in [1.54, 1.807) is 7.05 Å². The molecule has 6 nitrogen and oxygen atoms in total. The second-order valence-electron chi connectivity index (χ2n) is 7.47. The lowest BCUT2D eigenvalue weighted by molar-refractivity contribution is -0.137. The fraction of sp³-hybridized carbons (Fsp3) is 0.684. The minimum atomic E-state index is -4.49. The van der Waals surface area contributed by atoms with E-state index in [2.05, 4.69) is 39.4 Å². The number of alkyl halides is 3. The standard InChI is InChI=1S/C19H29ClF3N5O/c1-13(2)12-28-7-4-15(5-8-28)27-18(24-3)25-6-9-29-17-16(20)10-14(11-26-17)19(21,22)23/h10-11,13,15H,4-9,12H2,1-3H3,(H2,24,25,27). The number of aliphatic imine (C=N–C) groups is 1. The molecule has 1 aromatic rings. The number of halogens is 4. The predicted molar refractivity (Wildman–Crippen MR) is 109 cm³/mol. The van der Waals surface area contributed by atoms with Crippen LogP contribution in [-0.4, -0.2) is 61.7 Å². The van der Waals surface area contributed by atoms with Gasteiger partial charge in [-0.1, -0.05) is 25.4 Å². The molecule has 164 valence electrons. The fourth-order valence-corrected chi connectivity index (χ4v) is 3.39. The number of hydrogen-bond acceptors (Lipinski definition) is 4. The van der Waals surface area contributed by atoms with Gasteiger partial charge in [-0.3, -0.25) is 4.99 Å². The molecular formula is C19H29ClF3N5O. The molecule has 2 heterocycles. The summed E-state index contributed by atoms with van der Waals surface area (Å²) in [5.41, 5.74) is -0.906. The second-order valence-corrected chi connectivity index (χ2v) is 7.88. The van der Waals surface area contributed by atoms with Gasteiger partial charge in [0.15, 0.2) is 5.96 Å². The van der Waals surface area contributed by atoms with E-state index in [-0.39, 0.29) is 17.5 Å². The largest absolute Gasteiger partial charge is 0.475 e. The number of pyridine rings is 1. The number of guanidine groups is 1. The van der Waals surface area contributed by atoms with Crippen LogP contribution in [0.5, 0.6) is 5.88 Å². The Kier molecular flexibility index (Phi) is 8.82. The third-order valence-corrected chi connectivity index (χ3v) is 4.81. The molecular weight excluding hydrogens is 407 g/mol. The van der Waals surface area contributed by atoms with Crippen LogP contribution in [0.15, 0.2) is 17.3 Å². The zero-order valence-corrected chi connectivity index (χ0v) is 17.8. The molecule has 1 aliphatic rings. The van der Waals surface area contributed by atoms with Gasteiger partial charge in [0.1, 0.15) is 11.6 Å². The highest BCUT2D eigenvalue weighted by Crippen LogP contribution is 2.32. The smallest absolute Gasteiger partial charge is 0.417 e. The first-order chi connectivity index (χ1) is 13.7. The minimum absolute atomic E-state index is 0.0260. The van der Waals surface area contributed by atoms with Gasteiger partial charge in [-0.15, -0.1) is 0 Å². The van der Waals surface area contributed by atoms with Crippen molar-refractivity contribution < 1.29 is 17.9 Å². The van der Waals surface area contributed by atoms with Gasteiger partial charge in [0.05, 0.1) is 12.1 Å². The van der Waals surface area contributed by atoms with Crippen molar-refractivity contribution in [2.75, 3.05) is 39.8 Å². The zero-order chi connectivity index (χ0) is 21.4. The molecule has 0 saturated carbocycles. The van der Waals surface area contributed by atoms with E-state index in [1.165, 1.54) is 0 Å². The van der Waals surface area contributed by atoms with Crippen LogP contribution in [0.3, 0.4) is 0 Å². The van der Waals surface area contributed by atoms with Crippen molar-refractivity contribution in [2.45, 2.75) is 38.9 Å². The summed E-state index contributed by atoms with van der Waals surface area (Å²) in [7, 11) is 1.69. The quantitative estimate of drug-likeness (QED) is 0.390. The van der Waals surface area contributed by atoms with Gasteiger partial charge in [-0.25, -0.2) is 4.98 Å². The van der Waals surface area contributed by atoms with Crippen LogP contribution < -0.4 is 15.4 Å². The molecule has 10 heteroatoms.